The van der Waals surface area contributed by atoms with Crippen molar-refractivity contribution < 1.29 is 28.9 Å². The van der Waals surface area contributed by atoms with E-state index in [-0.39, 0.29) is 5.91 Å². The third-order valence-electron chi connectivity index (χ3n) is 5.58. The van der Waals surface area contributed by atoms with Gasteiger partial charge in [0.1, 0.15) is 11.5 Å². The monoisotopic (exact) mass is 359 g/mol. The third kappa shape index (κ3) is 2.38. The molecule has 2 fully saturated rings. The molecule has 1 spiro atoms. The van der Waals surface area contributed by atoms with E-state index >= 15 is 0 Å². The quantitative estimate of drug-likeness (QED) is 0.766. The maximum absolute atomic E-state index is 12.8. The topological polar surface area (TPSA) is 85.3 Å². The largest absolute Gasteiger partial charge is 0.493 e. The molecule has 2 unspecified atom stereocenters. The van der Waals surface area contributed by atoms with Crippen molar-refractivity contribution in [3.05, 3.63) is 35.9 Å². The van der Waals surface area contributed by atoms with Crippen LogP contribution in [-0.4, -0.2) is 60.9 Å². The molecule has 138 valence electrons. The number of nitrogens with zero attached hydrogens (tertiary/aromatic N) is 1. The predicted molar refractivity (Wildman–Crippen MR) is 91.2 cm³/mol. The number of carbonyl (C=O) groups excluding carboxylic acids is 1. The zero-order valence-corrected chi connectivity index (χ0v) is 14.7. The molecule has 0 aliphatic carbocycles. The molecule has 4 atom stereocenters. The molecule has 7 heteroatoms. The van der Waals surface area contributed by atoms with Gasteiger partial charge in [-0.25, -0.2) is 0 Å². The minimum atomic E-state index is -0.971. The molecule has 2 bridgehead atoms. The smallest absolute Gasteiger partial charge is 0.310 e. The van der Waals surface area contributed by atoms with E-state index in [2.05, 4.69) is 0 Å². The van der Waals surface area contributed by atoms with E-state index in [1.807, 2.05) is 24.3 Å². The maximum atomic E-state index is 12.8. The minimum Gasteiger partial charge on any atom is -0.493 e. The van der Waals surface area contributed by atoms with Crippen LogP contribution in [-0.2, 0) is 20.7 Å². The van der Waals surface area contributed by atoms with E-state index in [4.69, 9.17) is 14.2 Å². The minimum absolute atomic E-state index is 0.135. The Morgan fingerprint density at radius 2 is 2.12 bits per heavy atom. The number of aliphatic carboxylic acids is 1. The van der Waals surface area contributed by atoms with Crippen molar-refractivity contribution in [3.8, 4) is 11.5 Å². The first-order valence-electron chi connectivity index (χ1n) is 8.59. The second-order valence-electron chi connectivity index (χ2n) is 6.94. The molecule has 3 aliphatic rings. The summed E-state index contributed by atoms with van der Waals surface area (Å²) in [6, 6.07) is 5.66. The maximum Gasteiger partial charge on any atom is 0.310 e. The Kier molecular flexibility index (Phi) is 3.91. The lowest BCUT2D eigenvalue weighted by Crippen LogP contribution is -2.39. The summed E-state index contributed by atoms with van der Waals surface area (Å²) in [5.74, 6) is -1.23. The van der Waals surface area contributed by atoms with Crippen LogP contribution in [0.5, 0.6) is 11.5 Å². The van der Waals surface area contributed by atoms with E-state index in [0.717, 1.165) is 5.56 Å². The van der Waals surface area contributed by atoms with Gasteiger partial charge in [0, 0.05) is 6.54 Å². The average molecular weight is 359 g/mol. The van der Waals surface area contributed by atoms with Crippen LogP contribution in [0, 0.1) is 11.8 Å². The van der Waals surface area contributed by atoms with E-state index in [1.54, 1.807) is 25.2 Å². The zero-order chi connectivity index (χ0) is 18.5. The Morgan fingerprint density at radius 1 is 1.35 bits per heavy atom. The van der Waals surface area contributed by atoms with Crippen molar-refractivity contribution in [3.63, 3.8) is 0 Å². The SMILES string of the molecule is COc1ccc(CCN2C[C@@]34C=C[C@@H](O3)C(C(=O)O)C4C2=O)cc1OC. The average Bonchev–Trinajstić information content (AvgIpc) is 3.27. The molecule has 0 saturated carbocycles. The number of hydrogen-bond donors (Lipinski definition) is 1. The summed E-state index contributed by atoms with van der Waals surface area (Å²) in [4.78, 5) is 26.1. The number of likely N-dealkylation sites (tertiary alicyclic amines) is 1. The van der Waals surface area contributed by atoms with Crippen molar-refractivity contribution in [2.24, 2.45) is 11.8 Å². The number of methoxy groups -OCH3 is 2. The number of carboxylic acid groups (broad SMARTS) is 1. The van der Waals surface area contributed by atoms with Gasteiger partial charge in [0.25, 0.3) is 0 Å². The predicted octanol–water partition coefficient (Wildman–Crippen LogP) is 1.11. The van der Waals surface area contributed by atoms with E-state index in [0.29, 0.717) is 31.0 Å². The van der Waals surface area contributed by atoms with Crippen LogP contribution in [0.2, 0.25) is 0 Å². The Morgan fingerprint density at radius 3 is 2.81 bits per heavy atom. The van der Waals surface area contributed by atoms with Gasteiger partial charge in [0.05, 0.1) is 32.8 Å². The summed E-state index contributed by atoms with van der Waals surface area (Å²) in [5, 5.41) is 9.49. The first-order valence-corrected chi connectivity index (χ1v) is 8.59. The zero-order valence-electron chi connectivity index (χ0n) is 14.7. The number of rotatable bonds is 6. The number of carbonyl (C=O) groups is 2. The van der Waals surface area contributed by atoms with Crippen LogP contribution in [0.25, 0.3) is 0 Å². The highest BCUT2D eigenvalue weighted by atomic mass is 16.5. The van der Waals surface area contributed by atoms with Crippen LogP contribution in [0.4, 0.5) is 0 Å². The molecule has 1 aromatic carbocycles. The lowest BCUT2D eigenvalue weighted by Gasteiger charge is -2.21. The fourth-order valence-corrected chi connectivity index (χ4v) is 4.35. The van der Waals surface area contributed by atoms with Crippen molar-refractivity contribution in [2.75, 3.05) is 27.3 Å². The number of benzene rings is 1. The van der Waals surface area contributed by atoms with Gasteiger partial charge in [0.15, 0.2) is 11.5 Å². The molecule has 7 nitrogen and oxygen atoms in total. The van der Waals surface area contributed by atoms with Crippen molar-refractivity contribution in [1.29, 1.82) is 0 Å². The Hall–Kier alpha value is -2.54. The van der Waals surface area contributed by atoms with E-state index in [1.165, 1.54) is 0 Å². The Labute approximate surface area is 151 Å². The van der Waals surface area contributed by atoms with Gasteiger partial charge in [-0.05, 0) is 24.1 Å². The van der Waals surface area contributed by atoms with Crippen LogP contribution in [0.1, 0.15) is 5.56 Å². The van der Waals surface area contributed by atoms with E-state index < -0.39 is 29.5 Å². The highest BCUT2D eigenvalue weighted by molar-refractivity contribution is 5.90. The lowest BCUT2D eigenvalue weighted by atomic mass is 9.77. The highest BCUT2D eigenvalue weighted by Crippen LogP contribution is 2.51. The van der Waals surface area contributed by atoms with Gasteiger partial charge in [-0.3, -0.25) is 9.59 Å². The van der Waals surface area contributed by atoms with Crippen LogP contribution in [0.3, 0.4) is 0 Å². The van der Waals surface area contributed by atoms with Crippen molar-refractivity contribution >= 4 is 11.9 Å². The summed E-state index contributed by atoms with van der Waals surface area (Å²) in [5.41, 5.74) is 0.239. The molecule has 4 rings (SSSR count). The summed E-state index contributed by atoms with van der Waals surface area (Å²) in [6.45, 7) is 0.904. The van der Waals surface area contributed by atoms with Crippen LogP contribution >= 0.6 is 0 Å². The number of carboxylic acids is 1. The fourth-order valence-electron chi connectivity index (χ4n) is 4.35. The molecular weight excluding hydrogens is 338 g/mol. The molecule has 26 heavy (non-hydrogen) atoms. The molecule has 0 radical (unpaired) electrons. The number of ether oxygens (including phenoxy) is 3. The summed E-state index contributed by atoms with van der Waals surface area (Å²) < 4.78 is 16.4. The molecule has 1 aromatic rings. The number of fused-ring (bicyclic) bond motifs is 1. The first-order chi connectivity index (χ1) is 12.5. The van der Waals surface area contributed by atoms with E-state index in [9.17, 15) is 14.7 Å². The van der Waals surface area contributed by atoms with Gasteiger partial charge >= 0.3 is 5.97 Å². The number of hydrogen-bond acceptors (Lipinski definition) is 5. The van der Waals surface area contributed by atoms with Gasteiger partial charge < -0.3 is 24.2 Å². The summed E-state index contributed by atoms with van der Waals surface area (Å²) in [7, 11) is 3.16. The summed E-state index contributed by atoms with van der Waals surface area (Å²) in [6.07, 6.45) is 3.80. The molecule has 1 N–H and O–H groups in total. The molecule has 1 amide bonds. The molecule has 3 heterocycles. The second-order valence-corrected chi connectivity index (χ2v) is 6.94. The van der Waals surface area contributed by atoms with Crippen molar-refractivity contribution in [1.82, 2.24) is 4.90 Å². The van der Waals surface area contributed by atoms with Crippen LogP contribution in [0.15, 0.2) is 30.4 Å². The molecule has 0 aromatic heterocycles. The highest BCUT2D eigenvalue weighted by Gasteiger charge is 2.66. The van der Waals surface area contributed by atoms with Gasteiger partial charge in [-0.2, -0.15) is 0 Å². The Balaban J connectivity index is 1.48. The van der Waals surface area contributed by atoms with Gasteiger partial charge in [0.2, 0.25) is 5.91 Å². The molecular formula is C19H21NO6. The third-order valence-corrected chi connectivity index (χ3v) is 5.58. The standard InChI is InChI=1S/C19H21NO6/c1-24-12-4-3-11(9-14(12)25-2)6-8-20-10-19-7-5-13(26-19)15(18(22)23)16(19)17(20)21/h3-5,7,9,13,15-16H,6,8,10H2,1-2H3,(H,22,23)/t13-,15?,16?,19-/m1/s1. The molecule has 3 aliphatic heterocycles. The Bertz CT molecular complexity index is 790. The van der Waals surface area contributed by atoms with Crippen molar-refractivity contribution in [2.45, 2.75) is 18.1 Å². The molecule has 2 saturated heterocycles. The summed E-state index contributed by atoms with van der Waals surface area (Å²) >= 11 is 0. The van der Waals surface area contributed by atoms with Gasteiger partial charge in [-0.1, -0.05) is 18.2 Å². The normalized spacial score (nSPS) is 31.4. The number of amides is 1. The lowest BCUT2D eigenvalue weighted by molar-refractivity contribution is -0.148. The van der Waals surface area contributed by atoms with Crippen LogP contribution < -0.4 is 9.47 Å². The fraction of sp³-hybridized carbons (Fsp3) is 0.474. The first kappa shape index (κ1) is 16.9. The van der Waals surface area contributed by atoms with Gasteiger partial charge in [-0.15, -0.1) is 0 Å². The second kappa shape index (κ2) is 6.02.